The third-order valence-corrected chi connectivity index (χ3v) is 8.98. The number of aromatic amines is 1. The lowest BCUT2D eigenvalue weighted by Crippen LogP contribution is -2.56. The summed E-state index contributed by atoms with van der Waals surface area (Å²) in [5.74, 6) is -2.76. The molecule has 0 radical (unpaired) electrons. The number of hydrogen-bond acceptors (Lipinski definition) is 9. The Hall–Kier alpha value is -5.17. The van der Waals surface area contributed by atoms with Gasteiger partial charge in [0.15, 0.2) is 6.23 Å². The number of carboxylic acid groups (broad SMARTS) is 1. The first-order valence-electron chi connectivity index (χ1n) is 16.1. The summed E-state index contributed by atoms with van der Waals surface area (Å²) < 4.78 is 11.0. The second kappa shape index (κ2) is 18.6. The van der Waals surface area contributed by atoms with Gasteiger partial charge < -0.3 is 35.7 Å². The molecule has 264 valence electrons. The number of ether oxygens (including phenoxy) is 1. The molecule has 4 aromatic rings. The van der Waals surface area contributed by atoms with E-state index < -0.39 is 50.2 Å². The van der Waals surface area contributed by atoms with Crippen molar-refractivity contribution in [1.82, 2.24) is 30.9 Å². The van der Waals surface area contributed by atoms with Crippen LogP contribution in [0.3, 0.4) is 0 Å². The Kier molecular flexibility index (Phi) is 14.0. The van der Waals surface area contributed by atoms with E-state index in [0.29, 0.717) is 16.8 Å². The zero-order chi connectivity index (χ0) is 36.0. The number of carbonyl (C=O) groups is 4. The molecule has 4 rings (SSSR count). The van der Waals surface area contributed by atoms with Crippen LogP contribution in [-0.2, 0) is 43.1 Å². The van der Waals surface area contributed by atoms with Crippen molar-refractivity contribution in [2.24, 2.45) is 5.92 Å². The minimum absolute atomic E-state index is 0.0141. The number of nitrogens with one attached hydrogen (secondary N) is 4. The number of alkyl carbamates (subject to hydrolysis) is 1. The van der Waals surface area contributed by atoms with Gasteiger partial charge in [0.1, 0.15) is 18.7 Å². The van der Waals surface area contributed by atoms with Crippen molar-refractivity contribution in [2.75, 3.05) is 0 Å². The van der Waals surface area contributed by atoms with E-state index in [1.165, 1.54) is 12.5 Å². The van der Waals surface area contributed by atoms with Crippen molar-refractivity contribution < 1.29 is 38.4 Å². The van der Waals surface area contributed by atoms with Gasteiger partial charge in [-0.15, -0.1) is 0 Å². The number of rotatable bonds is 17. The number of benzene rings is 2. The van der Waals surface area contributed by atoms with Gasteiger partial charge in [0.2, 0.25) is 25.1 Å². The van der Waals surface area contributed by atoms with E-state index in [1.54, 1.807) is 37.4 Å². The maximum absolute atomic E-state index is 14.0. The number of imidazole rings is 1. The molecule has 0 aliphatic carbocycles. The van der Waals surface area contributed by atoms with E-state index in [1.807, 2.05) is 50.2 Å². The Morgan fingerprint density at radius 3 is 2.34 bits per heavy atom. The van der Waals surface area contributed by atoms with Crippen LogP contribution in [0, 0.1) is 5.92 Å². The highest BCUT2D eigenvalue weighted by Gasteiger charge is 2.31. The van der Waals surface area contributed by atoms with E-state index in [2.05, 4.69) is 30.9 Å². The van der Waals surface area contributed by atoms with E-state index in [9.17, 15) is 29.2 Å². The van der Waals surface area contributed by atoms with Crippen LogP contribution in [0.1, 0.15) is 50.4 Å². The van der Waals surface area contributed by atoms with Crippen molar-refractivity contribution in [3.05, 3.63) is 96.2 Å². The Labute approximate surface area is 290 Å². The van der Waals surface area contributed by atoms with Gasteiger partial charge in [0, 0.05) is 42.7 Å². The fraction of sp³-hybridized carbons (Fsp3) is 0.343. The molecule has 0 fully saturated rings. The average molecular weight is 705 g/mol. The summed E-state index contributed by atoms with van der Waals surface area (Å²) >= 11 is 0. The molecule has 3 amide bonds. The van der Waals surface area contributed by atoms with Gasteiger partial charge in [0.25, 0.3) is 0 Å². The number of para-hydroxylation sites is 1. The van der Waals surface area contributed by atoms with Crippen LogP contribution in [0.4, 0.5) is 4.79 Å². The summed E-state index contributed by atoms with van der Waals surface area (Å²) in [5, 5.41) is 18.0. The monoisotopic (exact) mass is 704 g/mol. The third kappa shape index (κ3) is 11.2. The molecule has 0 saturated carbocycles. The van der Waals surface area contributed by atoms with E-state index >= 15 is 0 Å². The second-order valence-corrected chi connectivity index (χ2v) is 13.2. The predicted molar refractivity (Wildman–Crippen MR) is 186 cm³/mol. The Balaban J connectivity index is 1.59. The summed E-state index contributed by atoms with van der Waals surface area (Å²) in [6, 6.07) is 15.8. The van der Waals surface area contributed by atoms with Crippen LogP contribution < -0.4 is 20.8 Å². The SMILES string of the molecule is CC/C(C(=O)O)=[P+](/[O-])O[C@@H](CC(C)C)NC(=O)[C@H](Cc1cnc[nH]1)NC(=O)[C@@H](Cc1cccc2cccnc12)NC(=O)OCc1ccccc1. The highest BCUT2D eigenvalue weighted by atomic mass is 31.1. The zero-order valence-electron chi connectivity index (χ0n) is 28.0. The molecule has 2 aromatic carbocycles. The molecule has 50 heavy (non-hydrogen) atoms. The molecule has 0 aliphatic rings. The molecular formula is C35H41N6O8P. The molecular weight excluding hydrogens is 663 g/mol. The summed E-state index contributed by atoms with van der Waals surface area (Å²) in [4.78, 5) is 76.6. The quantitative estimate of drug-likeness (QED) is 0.0800. The topological polar surface area (TPSA) is 208 Å². The number of carboxylic acids is 1. The number of aromatic nitrogens is 3. The molecule has 0 saturated heterocycles. The number of pyridine rings is 1. The van der Waals surface area contributed by atoms with Gasteiger partial charge in [0.05, 0.1) is 11.8 Å². The summed E-state index contributed by atoms with van der Waals surface area (Å²) in [6.07, 6.45) is 2.77. The number of nitrogens with zero attached hydrogens (tertiary/aromatic N) is 2. The van der Waals surface area contributed by atoms with Crippen molar-refractivity contribution in [3.8, 4) is 0 Å². The fourth-order valence-corrected chi connectivity index (χ4v) is 6.03. The molecule has 15 heteroatoms. The number of carbonyl (C=O) groups excluding carboxylic acids is 3. The summed E-state index contributed by atoms with van der Waals surface area (Å²) in [7, 11) is -2.76. The summed E-state index contributed by atoms with van der Waals surface area (Å²) in [5.41, 5.74) is 2.60. The minimum Gasteiger partial charge on any atom is -0.602 e. The van der Waals surface area contributed by atoms with E-state index in [4.69, 9.17) is 9.26 Å². The normalized spacial score (nSPS) is 13.5. The Morgan fingerprint density at radius 2 is 1.66 bits per heavy atom. The lowest BCUT2D eigenvalue weighted by molar-refractivity contribution is -0.177. The Bertz CT molecular complexity index is 1780. The number of H-pyrrole nitrogens is 1. The zero-order valence-corrected chi connectivity index (χ0v) is 28.9. The first-order chi connectivity index (χ1) is 24.0. The number of hydrogen-bond donors (Lipinski definition) is 5. The van der Waals surface area contributed by atoms with Crippen molar-refractivity contribution >= 4 is 48.1 Å². The molecule has 4 atom stereocenters. The van der Waals surface area contributed by atoms with Gasteiger partial charge in [-0.3, -0.25) is 14.6 Å². The lowest BCUT2D eigenvalue weighted by Gasteiger charge is -2.25. The van der Waals surface area contributed by atoms with E-state index in [-0.39, 0.29) is 43.5 Å². The lowest BCUT2D eigenvalue weighted by atomic mass is 10.0. The van der Waals surface area contributed by atoms with Crippen LogP contribution in [0.2, 0.25) is 0 Å². The van der Waals surface area contributed by atoms with Crippen LogP contribution >= 0.6 is 8.00 Å². The maximum atomic E-state index is 14.0. The minimum atomic E-state index is -2.76. The highest BCUT2D eigenvalue weighted by molar-refractivity contribution is 7.49. The molecule has 0 aliphatic heterocycles. The average Bonchev–Trinajstić information content (AvgIpc) is 3.60. The largest absolute Gasteiger partial charge is 0.602 e. The molecule has 2 heterocycles. The first kappa shape index (κ1) is 37.6. The Morgan fingerprint density at radius 1 is 0.940 bits per heavy atom. The van der Waals surface area contributed by atoms with Crippen LogP contribution in [0.5, 0.6) is 0 Å². The summed E-state index contributed by atoms with van der Waals surface area (Å²) in [6.45, 7) is 5.23. The second-order valence-electron chi connectivity index (χ2n) is 11.9. The number of fused-ring (bicyclic) bond motifs is 1. The smallest absolute Gasteiger partial charge is 0.408 e. The standard InChI is InChI=1S/C35H41N6O8P/c1-4-29(34(44)45)50(47)49-30(16-22(2)3)41-33(43)28(18-26-19-36-21-38-26)39-32(42)27(40-35(46)48-20-23-10-6-5-7-11-23)17-25-13-8-12-24-14-9-15-37-31(24)25/h5-15,19,21-22,27-28,30H,4,16-18,20H2,1-3H3,(H,36,38)(H,39,42)(H,40,46)(H,41,43)(H,44,45)/t27-,28+,30+/m1/s1. The van der Waals surface area contributed by atoms with Gasteiger partial charge in [-0.1, -0.05) is 75.4 Å². The fourth-order valence-electron chi connectivity index (χ4n) is 5.12. The highest BCUT2D eigenvalue weighted by Crippen LogP contribution is 2.23. The van der Waals surface area contributed by atoms with Gasteiger partial charge in [-0.2, -0.15) is 4.52 Å². The van der Waals surface area contributed by atoms with Crippen molar-refractivity contribution in [2.45, 2.75) is 71.4 Å². The van der Waals surface area contributed by atoms with Crippen molar-refractivity contribution in [3.63, 3.8) is 0 Å². The van der Waals surface area contributed by atoms with Crippen molar-refractivity contribution in [1.29, 1.82) is 0 Å². The van der Waals surface area contributed by atoms with Crippen LogP contribution in [0.15, 0.2) is 79.4 Å². The van der Waals surface area contributed by atoms with Gasteiger partial charge in [-0.05, 0) is 29.5 Å². The molecule has 5 N–H and O–H groups in total. The first-order valence-corrected chi connectivity index (χ1v) is 17.3. The van der Waals surface area contributed by atoms with Crippen LogP contribution in [0.25, 0.3) is 10.9 Å². The number of aliphatic carboxylic acids is 1. The van der Waals surface area contributed by atoms with Gasteiger partial charge in [-0.25, -0.2) is 14.6 Å². The molecule has 1 unspecified atom stereocenters. The van der Waals surface area contributed by atoms with E-state index in [0.717, 1.165) is 10.9 Å². The molecule has 14 nitrogen and oxygen atoms in total. The van der Waals surface area contributed by atoms with Crippen LogP contribution in [-0.4, -0.2) is 67.5 Å². The maximum Gasteiger partial charge on any atom is 0.408 e. The van der Waals surface area contributed by atoms with Gasteiger partial charge >= 0.3 is 12.1 Å². The molecule has 2 aromatic heterocycles. The molecule has 0 spiro atoms. The molecule has 0 bridgehead atoms. The predicted octanol–water partition coefficient (Wildman–Crippen LogP) is 3.37. The third-order valence-electron chi connectivity index (χ3n) is 7.59. The number of amides is 3.